The van der Waals surface area contributed by atoms with E-state index in [0.717, 1.165) is 47.9 Å². The van der Waals surface area contributed by atoms with Gasteiger partial charge in [-0.05, 0) is 49.2 Å². The first-order valence-electron chi connectivity index (χ1n) is 11.5. The maximum atomic E-state index is 12.8. The lowest BCUT2D eigenvalue weighted by atomic mass is 10.1. The summed E-state index contributed by atoms with van der Waals surface area (Å²) in [6, 6.07) is 17.5. The van der Waals surface area contributed by atoms with Gasteiger partial charge in [0.15, 0.2) is 0 Å². The molecule has 0 saturated heterocycles. The Bertz CT molecular complexity index is 1170. The van der Waals surface area contributed by atoms with Crippen molar-refractivity contribution in [1.29, 1.82) is 5.26 Å². The molecule has 0 atom stereocenters. The van der Waals surface area contributed by atoms with Crippen LogP contribution < -0.4 is 10.1 Å². The van der Waals surface area contributed by atoms with Crippen LogP contribution in [-0.4, -0.2) is 23.1 Å². The quantitative estimate of drug-likeness (QED) is 0.262. The van der Waals surface area contributed by atoms with Crippen molar-refractivity contribution in [1.82, 2.24) is 9.88 Å². The Morgan fingerprint density at radius 2 is 1.85 bits per heavy atom. The van der Waals surface area contributed by atoms with Gasteiger partial charge in [-0.15, -0.1) is 0 Å². The zero-order chi connectivity index (χ0) is 23.0. The van der Waals surface area contributed by atoms with Crippen LogP contribution in [0.2, 0.25) is 5.02 Å². The van der Waals surface area contributed by atoms with Crippen LogP contribution in [0, 0.1) is 11.3 Å². The van der Waals surface area contributed by atoms with E-state index >= 15 is 0 Å². The third-order valence-electron chi connectivity index (χ3n) is 6.09. The standard InChI is InChI=1S/C27H28ClN3O2/c28-22-11-13-24(14-12-22)33-16-15-31-19-21(25-9-5-6-10-26(25)31)17-20(18-29)27(32)30-23-7-3-1-2-4-8-23/h5-6,9-14,17,19,23H,1-4,7-8,15-16H2,(H,30,32). The Kier molecular flexibility index (Phi) is 7.70. The summed E-state index contributed by atoms with van der Waals surface area (Å²) in [6.45, 7) is 1.11. The molecule has 5 nitrogen and oxygen atoms in total. The molecule has 1 aromatic heterocycles. The molecule has 33 heavy (non-hydrogen) atoms. The van der Waals surface area contributed by atoms with Crippen LogP contribution >= 0.6 is 11.6 Å². The van der Waals surface area contributed by atoms with Crippen LogP contribution in [0.25, 0.3) is 17.0 Å². The Labute approximate surface area is 199 Å². The maximum Gasteiger partial charge on any atom is 0.262 e. The fourth-order valence-electron chi connectivity index (χ4n) is 4.36. The van der Waals surface area contributed by atoms with Crippen LogP contribution in [0.15, 0.2) is 60.3 Å². The molecule has 1 N–H and O–H groups in total. The number of nitrogens with one attached hydrogen (secondary N) is 1. The van der Waals surface area contributed by atoms with Gasteiger partial charge in [-0.1, -0.05) is 55.5 Å². The van der Waals surface area contributed by atoms with Crippen molar-refractivity contribution in [2.75, 3.05) is 6.61 Å². The molecule has 2 aromatic carbocycles. The zero-order valence-corrected chi connectivity index (χ0v) is 19.4. The Morgan fingerprint density at radius 1 is 1.12 bits per heavy atom. The van der Waals surface area contributed by atoms with Crippen molar-refractivity contribution in [3.8, 4) is 11.8 Å². The molecule has 1 aliphatic carbocycles. The summed E-state index contributed by atoms with van der Waals surface area (Å²) in [5.41, 5.74) is 2.02. The van der Waals surface area contributed by atoms with E-state index in [1.54, 1.807) is 18.2 Å². The number of hydrogen-bond donors (Lipinski definition) is 1. The van der Waals surface area contributed by atoms with E-state index in [2.05, 4.69) is 16.0 Å². The van der Waals surface area contributed by atoms with Crippen LogP contribution in [0.5, 0.6) is 5.75 Å². The average Bonchev–Trinajstić information content (AvgIpc) is 2.98. The molecule has 1 heterocycles. The monoisotopic (exact) mass is 461 g/mol. The van der Waals surface area contributed by atoms with Crippen molar-refractivity contribution < 1.29 is 9.53 Å². The molecule has 1 amide bonds. The van der Waals surface area contributed by atoms with Crippen molar-refractivity contribution in [2.45, 2.75) is 51.1 Å². The molecule has 1 aliphatic rings. The molecule has 0 bridgehead atoms. The van der Waals surface area contributed by atoms with Gasteiger partial charge in [0.25, 0.3) is 5.91 Å². The van der Waals surface area contributed by atoms with E-state index in [0.29, 0.717) is 18.2 Å². The summed E-state index contributed by atoms with van der Waals surface area (Å²) < 4.78 is 7.94. The first kappa shape index (κ1) is 22.9. The molecule has 0 aliphatic heterocycles. The van der Waals surface area contributed by atoms with Crippen molar-refractivity contribution >= 4 is 34.5 Å². The number of carbonyl (C=O) groups is 1. The molecule has 1 fully saturated rings. The number of carbonyl (C=O) groups excluding carboxylic acids is 1. The Balaban J connectivity index is 1.50. The van der Waals surface area contributed by atoms with Gasteiger partial charge in [0.2, 0.25) is 0 Å². The van der Waals surface area contributed by atoms with Crippen LogP contribution in [-0.2, 0) is 11.3 Å². The van der Waals surface area contributed by atoms with Gasteiger partial charge in [-0.2, -0.15) is 5.26 Å². The number of fused-ring (bicyclic) bond motifs is 1. The van der Waals surface area contributed by atoms with Gasteiger partial charge in [0, 0.05) is 33.7 Å². The molecule has 1 saturated carbocycles. The van der Waals surface area contributed by atoms with Gasteiger partial charge in [-0.25, -0.2) is 0 Å². The highest BCUT2D eigenvalue weighted by Crippen LogP contribution is 2.24. The lowest BCUT2D eigenvalue weighted by Gasteiger charge is -2.15. The SMILES string of the molecule is N#CC(=Cc1cn(CCOc2ccc(Cl)cc2)c2ccccc12)C(=O)NC1CCCCCC1. The van der Waals surface area contributed by atoms with Crippen molar-refractivity contribution in [3.05, 3.63) is 70.9 Å². The van der Waals surface area contributed by atoms with E-state index in [-0.39, 0.29) is 17.5 Å². The maximum absolute atomic E-state index is 12.8. The molecule has 170 valence electrons. The topological polar surface area (TPSA) is 67.0 Å². The summed E-state index contributed by atoms with van der Waals surface area (Å²) in [5, 5.41) is 14.4. The van der Waals surface area contributed by atoms with Crippen LogP contribution in [0.1, 0.15) is 44.1 Å². The van der Waals surface area contributed by atoms with Crippen LogP contribution in [0.3, 0.4) is 0 Å². The fourth-order valence-corrected chi connectivity index (χ4v) is 4.48. The van der Waals surface area contributed by atoms with E-state index in [4.69, 9.17) is 16.3 Å². The van der Waals surface area contributed by atoms with Crippen LogP contribution in [0.4, 0.5) is 0 Å². The predicted octanol–water partition coefficient (Wildman–Crippen LogP) is 6.12. The Hall–Kier alpha value is -3.23. The van der Waals surface area contributed by atoms with Crippen molar-refractivity contribution in [3.63, 3.8) is 0 Å². The number of halogens is 1. The Morgan fingerprint density at radius 3 is 2.58 bits per heavy atom. The van der Waals surface area contributed by atoms with E-state index in [9.17, 15) is 10.1 Å². The second-order valence-electron chi connectivity index (χ2n) is 8.43. The number of nitriles is 1. The summed E-state index contributed by atoms with van der Waals surface area (Å²) in [5.74, 6) is 0.477. The molecule has 0 spiro atoms. The van der Waals surface area contributed by atoms with E-state index < -0.39 is 0 Å². The number of amides is 1. The summed E-state index contributed by atoms with van der Waals surface area (Å²) >= 11 is 5.93. The number of hydrogen-bond acceptors (Lipinski definition) is 3. The predicted molar refractivity (Wildman–Crippen MR) is 132 cm³/mol. The normalized spacial score (nSPS) is 15.1. The molecule has 4 rings (SSSR count). The van der Waals surface area contributed by atoms with Gasteiger partial charge < -0.3 is 14.6 Å². The van der Waals surface area contributed by atoms with E-state index in [1.807, 2.05) is 42.6 Å². The summed E-state index contributed by atoms with van der Waals surface area (Å²) in [6.07, 6.45) is 10.3. The first-order valence-corrected chi connectivity index (χ1v) is 11.9. The molecule has 0 radical (unpaired) electrons. The number of nitrogens with zero attached hydrogens (tertiary/aromatic N) is 2. The molecular formula is C27H28ClN3O2. The zero-order valence-electron chi connectivity index (χ0n) is 18.6. The minimum absolute atomic E-state index is 0.138. The smallest absolute Gasteiger partial charge is 0.262 e. The number of aromatic nitrogens is 1. The van der Waals surface area contributed by atoms with Gasteiger partial charge in [0.1, 0.15) is 24.0 Å². The number of rotatable bonds is 7. The van der Waals surface area contributed by atoms with Crippen molar-refractivity contribution in [2.24, 2.45) is 0 Å². The highest BCUT2D eigenvalue weighted by atomic mass is 35.5. The fraction of sp³-hybridized carbons (Fsp3) is 0.333. The lowest BCUT2D eigenvalue weighted by Crippen LogP contribution is -2.35. The minimum atomic E-state index is -0.285. The van der Waals surface area contributed by atoms with Gasteiger partial charge in [-0.3, -0.25) is 4.79 Å². The third-order valence-corrected chi connectivity index (χ3v) is 6.34. The number of para-hydroxylation sites is 1. The first-order chi connectivity index (χ1) is 16.1. The molecule has 0 unspecified atom stereocenters. The second-order valence-corrected chi connectivity index (χ2v) is 8.87. The largest absolute Gasteiger partial charge is 0.492 e. The summed E-state index contributed by atoms with van der Waals surface area (Å²) in [7, 11) is 0. The number of benzene rings is 2. The lowest BCUT2D eigenvalue weighted by molar-refractivity contribution is -0.117. The summed E-state index contributed by atoms with van der Waals surface area (Å²) in [4.78, 5) is 12.8. The average molecular weight is 462 g/mol. The van der Waals surface area contributed by atoms with E-state index in [1.165, 1.54) is 12.8 Å². The highest BCUT2D eigenvalue weighted by molar-refractivity contribution is 6.30. The third kappa shape index (κ3) is 5.97. The number of ether oxygens (including phenoxy) is 1. The molecular weight excluding hydrogens is 434 g/mol. The molecule has 6 heteroatoms. The van der Waals surface area contributed by atoms with Gasteiger partial charge in [0.05, 0.1) is 6.54 Å². The highest BCUT2D eigenvalue weighted by Gasteiger charge is 2.18. The molecule has 3 aromatic rings. The minimum Gasteiger partial charge on any atom is -0.492 e. The second kappa shape index (κ2) is 11.1. The van der Waals surface area contributed by atoms with Gasteiger partial charge >= 0.3 is 0 Å².